The van der Waals surface area contributed by atoms with Crippen molar-refractivity contribution in [3.05, 3.63) is 51.9 Å². The summed E-state index contributed by atoms with van der Waals surface area (Å²) < 4.78 is 27.0. The van der Waals surface area contributed by atoms with E-state index in [9.17, 15) is 13.6 Å². The zero-order valence-electron chi connectivity index (χ0n) is 12.5. The normalized spacial score (nSPS) is 19.1. The van der Waals surface area contributed by atoms with E-state index >= 15 is 0 Å². The van der Waals surface area contributed by atoms with Gasteiger partial charge in [-0.3, -0.25) is 9.78 Å². The number of carboxylic acid groups (broad SMARTS) is 1. The number of nitrogens with zero attached hydrogens (tertiary/aromatic N) is 2. The molecule has 2 N–H and O–H groups in total. The van der Waals surface area contributed by atoms with E-state index in [1.807, 2.05) is 0 Å². The lowest BCUT2D eigenvalue weighted by molar-refractivity contribution is -0.138. The second-order valence-electron chi connectivity index (χ2n) is 5.75. The van der Waals surface area contributed by atoms with Crippen molar-refractivity contribution in [2.24, 2.45) is 11.8 Å². The van der Waals surface area contributed by atoms with E-state index in [1.165, 1.54) is 12.3 Å². The smallest absolute Gasteiger partial charge is 0.306 e. The number of rotatable bonds is 6. The van der Waals surface area contributed by atoms with Crippen LogP contribution in [0.5, 0.6) is 0 Å². The summed E-state index contributed by atoms with van der Waals surface area (Å²) in [6.07, 6.45) is 4.36. The van der Waals surface area contributed by atoms with Gasteiger partial charge in [0, 0.05) is 18.2 Å². The van der Waals surface area contributed by atoms with Crippen LogP contribution in [0, 0.1) is 23.5 Å². The van der Waals surface area contributed by atoms with Gasteiger partial charge in [0.25, 0.3) is 0 Å². The molecular formula is C16H14BrF2N3O2. The highest BCUT2D eigenvalue weighted by Crippen LogP contribution is 2.40. The molecule has 1 heterocycles. The van der Waals surface area contributed by atoms with Gasteiger partial charge >= 0.3 is 5.97 Å². The van der Waals surface area contributed by atoms with Crippen LogP contribution in [-0.4, -0.2) is 21.0 Å². The number of carboxylic acids is 1. The van der Waals surface area contributed by atoms with Gasteiger partial charge in [-0.05, 0) is 40.8 Å². The highest BCUT2D eigenvalue weighted by atomic mass is 79.9. The molecule has 1 aliphatic rings. The Balaban J connectivity index is 1.57. The van der Waals surface area contributed by atoms with Crippen LogP contribution < -0.4 is 5.32 Å². The molecule has 0 aliphatic heterocycles. The summed E-state index contributed by atoms with van der Waals surface area (Å²) in [5.74, 6) is -1.74. The fourth-order valence-corrected chi connectivity index (χ4v) is 2.87. The van der Waals surface area contributed by atoms with Gasteiger partial charge in [0.05, 0.1) is 28.5 Å². The minimum Gasteiger partial charge on any atom is -0.481 e. The van der Waals surface area contributed by atoms with E-state index < -0.39 is 17.6 Å². The predicted octanol–water partition coefficient (Wildman–Crippen LogP) is 3.39. The Morgan fingerprint density at radius 3 is 2.71 bits per heavy atom. The van der Waals surface area contributed by atoms with Crippen molar-refractivity contribution in [2.45, 2.75) is 19.4 Å². The van der Waals surface area contributed by atoms with E-state index in [1.54, 1.807) is 6.20 Å². The lowest BCUT2D eigenvalue weighted by Crippen LogP contribution is -2.06. The van der Waals surface area contributed by atoms with E-state index in [4.69, 9.17) is 5.11 Å². The first-order chi connectivity index (χ1) is 11.4. The van der Waals surface area contributed by atoms with Crippen molar-refractivity contribution in [3.63, 3.8) is 0 Å². The van der Waals surface area contributed by atoms with E-state index in [2.05, 4.69) is 31.2 Å². The molecule has 0 saturated heterocycles. The standard InChI is InChI=1S/C16H14BrF2N3O2/c17-12-3-9(13(18)4-14(12)19)5-21-15-7-20-10(6-22-15)1-8-2-11(8)16(23)24/h3-4,6-8,11H,1-2,5H2,(H,21,22)(H,23,24). The minimum atomic E-state index is -0.765. The molecule has 5 nitrogen and oxygen atoms in total. The Hall–Kier alpha value is -2.09. The van der Waals surface area contributed by atoms with Gasteiger partial charge in [0.2, 0.25) is 0 Å². The largest absolute Gasteiger partial charge is 0.481 e. The van der Waals surface area contributed by atoms with Crippen LogP contribution in [0.2, 0.25) is 0 Å². The second kappa shape index (κ2) is 6.80. The Bertz CT molecular complexity index is 771. The highest BCUT2D eigenvalue weighted by molar-refractivity contribution is 9.10. The van der Waals surface area contributed by atoms with Crippen LogP contribution in [0.4, 0.5) is 14.6 Å². The van der Waals surface area contributed by atoms with Gasteiger partial charge in [0.1, 0.15) is 17.5 Å². The molecule has 3 rings (SSSR count). The maximum Gasteiger partial charge on any atom is 0.306 e. The quantitative estimate of drug-likeness (QED) is 0.730. The van der Waals surface area contributed by atoms with E-state index in [-0.39, 0.29) is 22.9 Å². The number of benzene rings is 1. The summed E-state index contributed by atoms with van der Waals surface area (Å²) in [4.78, 5) is 19.2. The molecule has 2 atom stereocenters. The average molecular weight is 398 g/mol. The lowest BCUT2D eigenvalue weighted by Gasteiger charge is -2.08. The first kappa shape index (κ1) is 16.8. The fourth-order valence-electron chi connectivity index (χ4n) is 2.48. The maximum absolute atomic E-state index is 13.7. The Labute approximate surface area is 145 Å². The summed E-state index contributed by atoms with van der Waals surface area (Å²) in [6, 6.07) is 2.20. The molecule has 0 amide bonds. The van der Waals surface area contributed by atoms with Crippen molar-refractivity contribution < 1.29 is 18.7 Å². The molecule has 1 aromatic carbocycles. The molecule has 1 aromatic heterocycles. The molecule has 24 heavy (non-hydrogen) atoms. The molecule has 8 heteroatoms. The summed E-state index contributed by atoms with van der Waals surface area (Å²) in [7, 11) is 0. The van der Waals surface area contributed by atoms with Crippen LogP contribution >= 0.6 is 15.9 Å². The minimum absolute atomic E-state index is 0.126. The van der Waals surface area contributed by atoms with Crippen LogP contribution in [0.3, 0.4) is 0 Å². The summed E-state index contributed by atoms with van der Waals surface area (Å²) >= 11 is 3.02. The fraction of sp³-hybridized carbons (Fsp3) is 0.312. The van der Waals surface area contributed by atoms with Crippen LogP contribution in [-0.2, 0) is 17.8 Å². The van der Waals surface area contributed by atoms with Gasteiger partial charge in [-0.1, -0.05) is 0 Å². The average Bonchev–Trinajstić information content (AvgIpc) is 3.30. The van der Waals surface area contributed by atoms with E-state index in [0.717, 1.165) is 11.8 Å². The number of carbonyl (C=O) groups is 1. The molecular weight excluding hydrogens is 384 g/mol. The van der Waals surface area contributed by atoms with Crippen molar-refractivity contribution in [1.82, 2.24) is 9.97 Å². The van der Waals surface area contributed by atoms with Crippen LogP contribution in [0.25, 0.3) is 0 Å². The molecule has 1 saturated carbocycles. The molecule has 1 aliphatic carbocycles. The molecule has 126 valence electrons. The van der Waals surface area contributed by atoms with Gasteiger partial charge in [0.15, 0.2) is 0 Å². The Kier molecular flexibility index (Phi) is 4.75. The molecule has 0 radical (unpaired) electrons. The van der Waals surface area contributed by atoms with E-state index in [0.29, 0.717) is 24.2 Å². The summed E-state index contributed by atoms with van der Waals surface area (Å²) in [6.45, 7) is 0.141. The summed E-state index contributed by atoms with van der Waals surface area (Å²) in [5, 5.41) is 11.8. The monoisotopic (exact) mass is 397 g/mol. The zero-order chi connectivity index (χ0) is 17.3. The van der Waals surface area contributed by atoms with Crippen molar-refractivity contribution >= 4 is 27.7 Å². The van der Waals surface area contributed by atoms with Gasteiger partial charge in [-0.25, -0.2) is 13.8 Å². The third kappa shape index (κ3) is 3.87. The number of halogens is 3. The van der Waals surface area contributed by atoms with Crippen molar-refractivity contribution in [1.29, 1.82) is 0 Å². The lowest BCUT2D eigenvalue weighted by atomic mass is 10.2. The van der Waals surface area contributed by atoms with Crippen LogP contribution in [0.1, 0.15) is 17.7 Å². The number of hydrogen-bond donors (Lipinski definition) is 2. The van der Waals surface area contributed by atoms with Crippen LogP contribution in [0.15, 0.2) is 29.0 Å². The maximum atomic E-state index is 13.7. The van der Waals surface area contributed by atoms with Crippen molar-refractivity contribution in [2.75, 3.05) is 5.32 Å². The molecule has 0 bridgehead atoms. The Morgan fingerprint density at radius 1 is 1.29 bits per heavy atom. The molecule has 1 fully saturated rings. The Morgan fingerprint density at radius 2 is 2.08 bits per heavy atom. The number of nitrogens with one attached hydrogen (secondary N) is 1. The van der Waals surface area contributed by atoms with Gasteiger partial charge < -0.3 is 10.4 Å². The molecule has 0 spiro atoms. The predicted molar refractivity (Wildman–Crippen MR) is 86.4 cm³/mol. The van der Waals surface area contributed by atoms with Gasteiger partial charge in [-0.15, -0.1) is 0 Å². The third-order valence-corrected chi connectivity index (χ3v) is 4.57. The summed E-state index contributed by atoms with van der Waals surface area (Å²) in [5.41, 5.74) is 1.03. The second-order valence-corrected chi connectivity index (χ2v) is 6.60. The first-order valence-corrected chi connectivity index (χ1v) is 8.14. The number of aliphatic carboxylic acids is 1. The number of anilines is 1. The zero-order valence-corrected chi connectivity index (χ0v) is 14.1. The first-order valence-electron chi connectivity index (χ1n) is 7.35. The van der Waals surface area contributed by atoms with Gasteiger partial charge in [-0.2, -0.15) is 0 Å². The SMILES string of the molecule is O=C(O)C1CC1Cc1cnc(NCc2cc(Br)c(F)cc2F)cn1. The topological polar surface area (TPSA) is 75.1 Å². The molecule has 2 aromatic rings. The third-order valence-electron chi connectivity index (χ3n) is 3.97. The van der Waals surface area contributed by atoms with Crippen molar-refractivity contribution in [3.8, 4) is 0 Å². The molecule has 2 unspecified atom stereocenters. The number of aromatic nitrogens is 2. The number of hydrogen-bond acceptors (Lipinski definition) is 4. The highest BCUT2D eigenvalue weighted by Gasteiger charge is 2.43.